The summed E-state index contributed by atoms with van der Waals surface area (Å²) in [4.78, 5) is 29.4. The number of benzene rings is 1. The zero-order chi connectivity index (χ0) is 17.1. The Labute approximate surface area is 140 Å². The number of amides is 2. The molecule has 1 aliphatic rings. The summed E-state index contributed by atoms with van der Waals surface area (Å²) in [6, 6.07) is 11.0. The Balaban J connectivity index is 1.67. The maximum absolute atomic E-state index is 12.5. The second kappa shape index (κ2) is 6.70. The summed E-state index contributed by atoms with van der Waals surface area (Å²) in [6.07, 6.45) is 2.25. The lowest BCUT2D eigenvalue weighted by molar-refractivity contribution is 0.0784. The highest BCUT2D eigenvalue weighted by Crippen LogP contribution is 2.29. The van der Waals surface area contributed by atoms with Crippen LogP contribution in [-0.4, -0.2) is 41.9 Å². The van der Waals surface area contributed by atoms with Gasteiger partial charge in [-0.25, -0.2) is 0 Å². The van der Waals surface area contributed by atoms with Crippen molar-refractivity contribution in [3.05, 3.63) is 59.4 Å². The fourth-order valence-corrected chi connectivity index (χ4v) is 2.92. The number of carbonyl (C=O) groups is 2. The molecule has 124 valence electrons. The Morgan fingerprint density at radius 1 is 1.21 bits per heavy atom. The summed E-state index contributed by atoms with van der Waals surface area (Å²) in [5.41, 5.74) is 7.00. The molecule has 2 heterocycles. The lowest BCUT2D eigenvalue weighted by Crippen LogP contribution is -2.29. The van der Waals surface area contributed by atoms with Crippen molar-refractivity contribution >= 4 is 11.8 Å². The first-order chi connectivity index (χ1) is 11.6. The van der Waals surface area contributed by atoms with Crippen LogP contribution in [0.5, 0.6) is 5.75 Å². The van der Waals surface area contributed by atoms with Gasteiger partial charge < -0.3 is 15.4 Å². The quantitative estimate of drug-likeness (QED) is 0.929. The van der Waals surface area contributed by atoms with Crippen LogP contribution in [0.4, 0.5) is 0 Å². The van der Waals surface area contributed by atoms with Gasteiger partial charge in [-0.3, -0.25) is 14.6 Å². The predicted octanol–water partition coefficient (Wildman–Crippen LogP) is 1.82. The average Bonchev–Trinajstić information content (AvgIpc) is 3.11. The number of rotatable bonds is 4. The van der Waals surface area contributed by atoms with Gasteiger partial charge in [0, 0.05) is 25.2 Å². The Bertz CT molecular complexity index is 741. The molecule has 6 heteroatoms. The van der Waals surface area contributed by atoms with Gasteiger partial charge in [0.25, 0.3) is 5.91 Å². The summed E-state index contributed by atoms with van der Waals surface area (Å²) in [5.74, 6) is 0.456. The molecule has 3 rings (SSSR count). The van der Waals surface area contributed by atoms with Crippen LogP contribution in [0.25, 0.3) is 0 Å². The largest absolute Gasteiger partial charge is 0.497 e. The number of likely N-dealkylation sites (tertiary alicyclic amines) is 1. The molecular weight excluding hydrogens is 306 g/mol. The number of aromatic nitrogens is 1. The standard InChI is InChI=1S/C18H19N3O3/c1-24-15-5-2-12(3-6-15)14-8-9-21(11-14)18(23)16-7-4-13(10-20-16)17(19)22/h2-7,10,14H,8-9,11H2,1H3,(H2,19,22). The van der Waals surface area contributed by atoms with Crippen molar-refractivity contribution in [3.8, 4) is 5.75 Å². The molecule has 2 aromatic rings. The fourth-order valence-electron chi connectivity index (χ4n) is 2.92. The number of hydrogen-bond acceptors (Lipinski definition) is 4. The van der Waals surface area contributed by atoms with E-state index in [9.17, 15) is 9.59 Å². The van der Waals surface area contributed by atoms with Gasteiger partial charge >= 0.3 is 0 Å². The topological polar surface area (TPSA) is 85.5 Å². The first kappa shape index (κ1) is 16.0. The van der Waals surface area contributed by atoms with Gasteiger partial charge in [0.05, 0.1) is 12.7 Å². The Morgan fingerprint density at radius 3 is 2.54 bits per heavy atom. The number of ether oxygens (including phenoxy) is 1. The van der Waals surface area contributed by atoms with E-state index >= 15 is 0 Å². The first-order valence-corrected chi connectivity index (χ1v) is 7.77. The molecule has 0 spiro atoms. The summed E-state index contributed by atoms with van der Waals surface area (Å²) in [5, 5.41) is 0. The van der Waals surface area contributed by atoms with Crippen molar-refractivity contribution < 1.29 is 14.3 Å². The predicted molar refractivity (Wildman–Crippen MR) is 89.0 cm³/mol. The van der Waals surface area contributed by atoms with Crippen LogP contribution in [-0.2, 0) is 0 Å². The van der Waals surface area contributed by atoms with E-state index in [-0.39, 0.29) is 5.91 Å². The second-order valence-corrected chi connectivity index (χ2v) is 5.81. The fraction of sp³-hybridized carbons (Fsp3) is 0.278. The number of nitrogens with two attached hydrogens (primary N) is 1. The molecule has 24 heavy (non-hydrogen) atoms. The summed E-state index contributed by atoms with van der Waals surface area (Å²) >= 11 is 0. The molecule has 1 aliphatic heterocycles. The molecule has 0 aliphatic carbocycles. The van der Waals surface area contributed by atoms with Crippen LogP contribution in [0.1, 0.15) is 38.7 Å². The highest BCUT2D eigenvalue weighted by Gasteiger charge is 2.28. The Morgan fingerprint density at radius 2 is 1.96 bits per heavy atom. The minimum absolute atomic E-state index is 0.123. The number of nitrogens with zero attached hydrogens (tertiary/aromatic N) is 2. The van der Waals surface area contributed by atoms with Gasteiger partial charge in [-0.2, -0.15) is 0 Å². The summed E-state index contributed by atoms with van der Waals surface area (Å²) in [6.45, 7) is 1.35. The van der Waals surface area contributed by atoms with E-state index in [2.05, 4.69) is 4.98 Å². The smallest absolute Gasteiger partial charge is 0.272 e. The van der Waals surface area contributed by atoms with Crippen molar-refractivity contribution in [1.29, 1.82) is 0 Å². The van der Waals surface area contributed by atoms with Gasteiger partial charge in [0.2, 0.25) is 5.91 Å². The molecule has 0 radical (unpaired) electrons. The molecule has 0 saturated carbocycles. The average molecular weight is 325 g/mol. The zero-order valence-corrected chi connectivity index (χ0v) is 13.4. The number of carbonyl (C=O) groups excluding carboxylic acids is 2. The van der Waals surface area contributed by atoms with E-state index in [1.807, 2.05) is 24.3 Å². The molecular formula is C18H19N3O3. The van der Waals surface area contributed by atoms with Crippen molar-refractivity contribution in [2.24, 2.45) is 5.73 Å². The molecule has 2 N–H and O–H groups in total. The zero-order valence-electron chi connectivity index (χ0n) is 13.4. The van der Waals surface area contributed by atoms with Gasteiger partial charge in [0.1, 0.15) is 11.4 Å². The molecule has 0 bridgehead atoms. The summed E-state index contributed by atoms with van der Waals surface area (Å²) < 4.78 is 5.17. The van der Waals surface area contributed by atoms with Crippen molar-refractivity contribution in [2.45, 2.75) is 12.3 Å². The van der Waals surface area contributed by atoms with Crippen LogP contribution >= 0.6 is 0 Å². The van der Waals surface area contributed by atoms with Crippen molar-refractivity contribution in [2.75, 3.05) is 20.2 Å². The third kappa shape index (κ3) is 3.22. The molecule has 2 amide bonds. The Hall–Kier alpha value is -2.89. The van der Waals surface area contributed by atoms with Crippen LogP contribution in [0, 0.1) is 0 Å². The number of hydrogen-bond donors (Lipinski definition) is 1. The Kier molecular flexibility index (Phi) is 4.46. The van der Waals surface area contributed by atoms with E-state index in [1.165, 1.54) is 17.8 Å². The van der Waals surface area contributed by atoms with E-state index in [1.54, 1.807) is 18.1 Å². The normalized spacial score (nSPS) is 16.9. The molecule has 1 atom stereocenters. The highest BCUT2D eigenvalue weighted by atomic mass is 16.5. The monoisotopic (exact) mass is 325 g/mol. The van der Waals surface area contributed by atoms with E-state index < -0.39 is 5.91 Å². The maximum atomic E-state index is 12.5. The number of pyridine rings is 1. The minimum atomic E-state index is -0.553. The summed E-state index contributed by atoms with van der Waals surface area (Å²) in [7, 11) is 1.64. The molecule has 1 saturated heterocycles. The third-order valence-electron chi connectivity index (χ3n) is 4.33. The van der Waals surface area contributed by atoms with Crippen molar-refractivity contribution in [3.63, 3.8) is 0 Å². The highest BCUT2D eigenvalue weighted by molar-refractivity contribution is 5.95. The molecule has 1 aromatic heterocycles. The number of primary amides is 1. The molecule has 1 unspecified atom stereocenters. The van der Waals surface area contributed by atoms with Crippen LogP contribution in [0.2, 0.25) is 0 Å². The van der Waals surface area contributed by atoms with Gasteiger partial charge in [0.15, 0.2) is 0 Å². The second-order valence-electron chi connectivity index (χ2n) is 5.81. The SMILES string of the molecule is COc1ccc(C2CCN(C(=O)c3ccc(C(N)=O)cn3)C2)cc1. The lowest BCUT2D eigenvalue weighted by Gasteiger charge is -2.16. The molecule has 1 fully saturated rings. The molecule has 6 nitrogen and oxygen atoms in total. The van der Waals surface area contributed by atoms with Gasteiger partial charge in [-0.05, 0) is 36.2 Å². The van der Waals surface area contributed by atoms with E-state index in [0.717, 1.165) is 12.2 Å². The minimum Gasteiger partial charge on any atom is -0.497 e. The van der Waals surface area contributed by atoms with Gasteiger partial charge in [-0.1, -0.05) is 12.1 Å². The third-order valence-corrected chi connectivity index (χ3v) is 4.33. The van der Waals surface area contributed by atoms with Gasteiger partial charge in [-0.15, -0.1) is 0 Å². The molecule has 1 aromatic carbocycles. The van der Waals surface area contributed by atoms with Crippen LogP contribution in [0.3, 0.4) is 0 Å². The van der Waals surface area contributed by atoms with Crippen LogP contribution in [0.15, 0.2) is 42.6 Å². The lowest BCUT2D eigenvalue weighted by atomic mass is 9.98. The first-order valence-electron chi connectivity index (χ1n) is 7.77. The maximum Gasteiger partial charge on any atom is 0.272 e. The van der Waals surface area contributed by atoms with Crippen LogP contribution < -0.4 is 10.5 Å². The van der Waals surface area contributed by atoms with Crippen molar-refractivity contribution in [1.82, 2.24) is 9.88 Å². The van der Waals surface area contributed by atoms with E-state index in [4.69, 9.17) is 10.5 Å². The number of methoxy groups -OCH3 is 1. The van der Waals surface area contributed by atoms with E-state index in [0.29, 0.717) is 30.3 Å².